The van der Waals surface area contributed by atoms with E-state index in [1.807, 2.05) is 0 Å². The summed E-state index contributed by atoms with van der Waals surface area (Å²) in [7, 11) is 0. The second-order valence-electron chi connectivity index (χ2n) is 7.12. The highest BCUT2D eigenvalue weighted by molar-refractivity contribution is 5.83. The number of carbonyl (C=O) groups excluding carboxylic acids is 1. The molecule has 4 heteroatoms. The molecule has 0 aromatic carbocycles. The molecule has 0 aromatic rings. The molecular weight excluding hydrogens is 240 g/mol. The van der Waals surface area contributed by atoms with Crippen LogP contribution < -0.4 is 5.32 Å². The van der Waals surface area contributed by atoms with Gasteiger partial charge in [0.05, 0.1) is 6.10 Å². The van der Waals surface area contributed by atoms with Gasteiger partial charge in [-0.1, -0.05) is 0 Å². The Kier molecular flexibility index (Phi) is 2.68. The van der Waals surface area contributed by atoms with Crippen molar-refractivity contribution < 1.29 is 9.90 Å². The lowest BCUT2D eigenvalue weighted by atomic mass is 9.90. The molecule has 3 saturated heterocycles. The number of fused-ring (bicyclic) bond motifs is 2. The summed E-state index contributed by atoms with van der Waals surface area (Å²) in [6, 6.07) is 0.668. The quantitative estimate of drug-likeness (QED) is 0.739. The molecule has 2 N–H and O–H groups in total. The van der Waals surface area contributed by atoms with E-state index in [0.29, 0.717) is 29.3 Å². The van der Waals surface area contributed by atoms with E-state index in [0.717, 1.165) is 45.2 Å². The van der Waals surface area contributed by atoms with Crippen molar-refractivity contribution in [2.45, 2.75) is 63.1 Å². The Labute approximate surface area is 114 Å². The van der Waals surface area contributed by atoms with Gasteiger partial charge in [0, 0.05) is 18.0 Å². The van der Waals surface area contributed by atoms with Crippen LogP contribution in [0.25, 0.3) is 0 Å². The van der Waals surface area contributed by atoms with E-state index in [-0.39, 0.29) is 6.10 Å². The minimum atomic E-state index is -0.173. The average molecular weight is 264 g/mol. The van der Waals surface area contributed by atoms with E-state index >= 15 is 0 Å². The summed E-state index contributed by atoms with van der Waals surface area (Å²) in [6.45, 7) is 2.16. The third kappa shape index (κ3) is 1.83. The summed E-state index contributed by atoms with van der Waals surface area (Å²) in [5.74, 6) is 0.717. The molecule has 4 aliphatic rings. The first-order valence-electron chi connectivity index (χ1n) is 7.91. The van der Waals surface area contributed by atoms with Crippen LogP contribution in [0.1, 0.15) is 44.9 Å². The molecule has 3 atom stereocenters. The fraction of sp³-hybridized carbons (Fsp3) is 0.933. The smallest absolute Gasteiger partial charge is 0.226 e. The number of piperidine rings is 2. The molecule has 4 fully saturated rings. The zero-order chi connectivity index (χ0) is 13.0. The molecule has 106 valence electrons. The number of rotatable bonds is 1. The fourth-order valence-corrected chi connectivity index (χ4v) is 4.86. The van der Waals surface area contributed by atoms with Gasteiger partial charge in [-0.25, -0.2) is 0 Å². The molecule has 0 radical (unpaired) electrons. The molecule has 1 saturated carbocycles. The molecule has 4 nitrogen and oxygen atoms in total. The predicted molar refractivity (Wildman–Crippen MR) is 71.5 cm³/mol. The minimum Gasteiger partial charge on any atom is -0.393 e. The van der Waals surface area contributed by atoms with E-state index in [2.05, 4.69) is 10.2 Å². The monoisotopic (exact) mass is 264 g/mol. The SMILES string of the molecule is O=C(C1CC12CCNCC2)N1C2CCC1CC(O)C2. The minimum absolute atomic E-state index is 0.173. The van der Waals surface area contributed by atoms with Crippen molar-refractivity contribution >= 4 is 5.91 Å². The van der Waals surface area contributed by atoms with Gasteiger partial charge in [-0.05, 0) is 63.5 Å². The second kappa shape index (κ2) is 4.19. The maximum absolute atomic E-state index is 12.8. The van der Waals surface area contributed by atoms with Crippen molar-refractivity contribution in [2.75, 3.05) is 13.1 Å². The van der Waals surface area contributed by atoms with Crippen LogP contribution in [-0.2, 0) is 4.79 Å². The summed E-state index contributed by atoms with van der Waals surface area (Å²) in [4.78, 5) is 15.0. The van der Waals surface area contributed by atoms with E-state index in [9.17, 15) is 9.90 Å². The maximum atomic E-state index is 12.8. The number of nitrogens with one attached hydrogen (secondary N) is 1. The van der Waals surface area contributed by atoms with E-state index in [1.54, 1.807) is 0 Å². The number of amides is 1. The Balaban J connectivity index is 1.47. The zero-order valence-corrected chi connectivity index (χ0v) is 11.5. The maximum Gasteiger partial charge on any atom is 0.226 e. The first kappa shape index (κ1) is 12.2. The molecule has 1 amide bonds. The highest BCUT2D eigenvalue weighted by Gasteiger charge is 2.60. The first-order chi connectivity index (χ1) is 9.20. The lowest BCUT2D eigenvalue weighted by Gasteiger charge is -2.38. The second-order valence-corrected chi connectivity index (χ2v) is 7.12. The molecule has 0 aromatic heterocycles. The zero-order valence-electron chi connectivity index (χ0n) is 11.5. The van der Waals surface area contributed by atoms with Crippen LogP contribution in [-0.4, -0.2) is 47.2 Å². The average Bonchev–Trinajstić information content (AvgIpc) is 3.01. The normalized spacial score (nSPS) is 43.5. The Morgan fingerprint density at radius 2 is 1.79 bits per heavy atom. The van der Waals surface area contributed by atoms with Gasteiger partial charge in [0.25, 0.3) is 0 Å². The Hall–Kier alpha value is -0.610. The van der Waals surface area contributed by atoms with Gasteiger partial charge in [0.15, 0.2) is 0 Å². The third-order valence-corrected chi connectivity index (χ3v) is 6.05. The van der Waals surface area contributed by atoms with Crippen LogP contribution >= 0.6 is 0 Å². The molecule has 3 aliphatic heterocycles. The largest absolute Gasteiger partial charge is 0.393 e. The van der Waals surface area contributed by atoms with Crippen molar-refractivity contribution in [3.05, 3.63) is 0 Å². The van der Waals surface area contributed by atoms with Gasteiger partial charge in [0.1, 0.15) is 0 Å². The topological polar surface area (TPSA) is 52.6 Å². The number of aliphatic hydroxyl groups is 1. The van der Waals surface area contributed by atoms with Gasteiger partial charge < -0.3 is 15.3 Å². The Morgan fingerprint density at radius 1 is 1.16 bits per heavy atom. The van der Waals surface area contributed by atoms with Crippen molar-refractivity contribution in [1.82, 2.24) is 10.2 Å². The van der Waals surface area contributed by atoms with Crippen molar-refractivity contribution in [3.63, 3.8) is 0 Å². The highest BCUT2D eigenvalue weighted by atomic mass is 16.3. The summed E-state index contributed by atoms with van der Waals surface area (Å²) in [5, 5.41) is 13.2. The number of carbonyl (C=O) groups is 1. The highest BCUT2D eigenvalue weighted by Crippen LogP contribution is 2.60. The molecule has 3 unspecified atom stereocenters. The van der Waals surface area contributed by atoms with Crippen molar-refractivity contribution in [1.29, 1.82) is 0 Å². The van der Waals surface area contributed by atoms with Gasteiger partial charge in [-0.3, -0.25) is 4.79 Å². The summed E-state index contributed by atoms with van der Waals surface area (Å²) in [5.41, 5.74) is 0.345. The molecule has 1 aliphatic carbocycles. The summed E-state index contributed by atoms with van der Waals surface area (Å²) < 4.78 is 0. The standard InChI is InChI=1S/C15H24N2O2/c18-12-7-10-1-2-11(8-12)17(10)14(19)13-9-15(13)3-5-16-6-4-15/h10-13,16,18H,1-9H2. The van der Waals surface area contributed by atoms with Gasteiger partial charge in [-0.15, -0.1) is 0 Å². The van der Waals surface area contributed by atoms with Crippen molar-refractivity contribution in [2.24, 2.45) is 11.3 Å². The van der Waals surface area contributed by atoms with Crippen LogP contribution in [0.3, 0.4) is 0 Å². The summed E-state index contributed by atoms with van der Waals surface area (Å²) >= 11 is 0. The van der Waals surface area contributed by atoms with Crippen LogP contribution in [0, 0.1) is 11.3 Å². The summed E-state index contributed by atoms with van der Waals surface area (Å²) in [6.07, 6.45) is 7.13. The lowest BCUT2D eigenvalue weighted by Crippen LogP contribution is -2.49. The van der Waals surface area contributed by atoms with Crippen LogP contribution in [0.5, 0.6) is 0 Å². The molecule has 19 heavy (non-hydrogen) atoms. The predicted octanol–water partition coefficient (Wildman–Crippen LogP) is 0.890. The molecule has 4 rings (SSSR count). The molecule has 2 bridgehead atoms. The van der Waals surface area contributed by atoms with Gasteiger partial charge in [0.2, 0.25) is 5.91 Å². The molecular formula is C15H24N2O2. The number of hydrogen-bond donors (Lipinski definition) is 2. The number of aliphatic hydroxyl groups excluding tert-OH is 1. The first-order valence-corrected chi connectivity index (χ1v) is 7.91. The van der Waals surface area contributed by atoms with E-state index in [1.165, 1.54) is 12.8 Å². The van der Waals surface area contributed by atoms with E-state index < -0.39 is 0 Å². The number of nitrogens with zero attached hydrogens (tertiary/aromatic N) is 1. The van der Waals surface area contributed by atoms with Crippen LogP contribution in [0.15, 0.2) is 0 Å². The fourth-order valence-electron chi connectivity index (χ4n) is 4.86. The van der Waals surface area contributed by atoms with E-state index in [4.69, 9.17) is 0 Å². The van der Waals surface area contributed by atoms with Gasteiger partial charge >= 0.3 is 0 Å². The van der Waals surface area contributed by atoms with Gasteiger partial charge in [-0.2, -0.15) is 0 Å². The molecule has 1 spiro atoms. The van der Waals surface area contributed by atoms with Crippen molar-refractivity contribution in [3.8, 4) is 0 Å². The van der Waals surface area contributed by atoms with Crippen LogP contribution in [0.4, 0.5) is 0 Å². The third-order valence-electron chi connectivity index (χ3n) is 6.05. The lowest BCUT2D eigenvalue weighted by molar-refractivity contribution is -0.139. The molecule has 3 heterocycles. The Morgan fingerprint density at radius 3 is 2.42 bits per heavy atom. The Bertz CT molecular complexity index is 378. The number of hydrogen-bond acceptors (Lipinski definition) is 3. The van der Waals surface area contributed by atoms with Crippen LogP contribution in [0.2, 0.25) is 0 Å².